The molecule has 1 N–H and O–H groups in total. The fraction of sp³-hybridized carbons (Fsp3) is 0.182. The number of benzene rings is 1. The van der Waals surface area contributed by atoms with Crippen molar-refractivity contribution in [2.75, 3.05) is 0 Å². The Labute approximate surface area is 116 Å². The molecule has 0 radical (unpaired) electrons. The molecule has 0 aliphatic rings. The zero-order valence-electron chi connectivity index (χ0n) is 9.31. The average Bonchev–Trinajstić information content (AvgIpc) is 2.22. The summed E-state index contributed by atoms with van der Waals surface area (Å²) in [7, 11) is 0. The highest BCUT2D eigenvalue weighted by atomic mass is 79.9. The van der Waals surface area contributed by atoms with E-state index in [-0.39, 0.29) is 0 Å². The minimum atomic E-state index is -5.07. The number of hydrogen-bond donors (Lipinski definition) is 1. The van der Waals surface area contributed by atoms with Gasteiger partial charge in [-0.15, -0.1) is 0 Å². The second-order valence-electron chi connectivity index (χ2n) is 3.56. The van der Waals surface area contributed by atoms with Crippen molar-refractivity contribution in [3.8, 4) is 0 Å². The lowest BCUT2D eigenvalue weighted by Crippen LogP contribution is -2.14. The molecule has 0 saturated heterocycles. The van der Waals surface area contributed by atoms with E-state index in [4.69, 9.17) is 5.11 Å². The molecule has 0 aliphatic heterocycles. The molecule has 0 bridgehead atoms. The third-order valence-electron chi connectivity index (χ3n) is 2.17. The first-order valence-corrected chi connectivity index (χ1v) is 5.61. The van der Waals surface area contributed by atoms with Crippen LogP contribution in [-0.4, -0.2) is 11.1 Å². The Morgan fingerprint density at radius 1 is 1.10 bits per heavy atom. The molecule has 0 spiro atoms. The van der Waals surface area contributed by atoms with Crippen molar-refractivity contribution in [3.05, 3.63) is 39.4 Å². The Bertz CT molecular complexity index is 559. The number of hydrogen-bond acceptors (Lipinski definition) is 1. The standard InChI is InChI=1S/C11H5BrF6O2/c12-9-6(10(13,14)15)3-1-5(2-4-7(19)20)8(9)11(16,17)18/h1-4H,(H,19,20)/b4-2+. The zero-order chi connectivity index (χ0) is 15.7. The topological polar surface area (TPSA) is 37.3 Å². The first-order valence-electron chi connectivity index (χ1n) is 4.82. The maximum atomic E-state index is 12.8. The second-order valence-corrected chi connectivity index (χ2v) is 4.35. The van der Waals surface area contributed by atoms with Crippen molar-refractivity contribution in [2.45, 2.75) is 12.4 Å². The van der Waals surface area contributed by atoms with Crippen molar-refractivity contribution in [3.63, 3.8) is 0 Å². The van der Waals surface area contributed by atoms with Crippen LogP contribution in [0.25, 0.3) is 6.08 Å². The van der Waals surface area contributed by atoms with Gasteiger partial charge in [-0.2, -0.15) is 26.3 Å². The normalized spacial score (nSPS) is 12.9. The van der Waals surface area contributed by atoms with Gasteiger partial charge in [0, 0.05) is 10.5 Å². The SMILES string of the molecule is O=C(O)/C=C/c1ccc(C(F)(F)F)c(Br)c1C(F)(F)F. The molecule has 1 aromatic carbocycles. The van der Waals surface area contributed by atoms with E-state index in [0.29, 0.717) is 24.3 Å². The minimum absolute atomic E-state index is 0.407. The summed E-state index contributed by atoms with van der Waals surface area (Å²) in [6, 6.07) is 1.01. The van der Waals surface area contributed by atoms with Crippen molar-refractivity contribution >= 4 is 28.0 Å². The van der Waals surface area contributed by atoms with Crippen LogP contribution >= 0.6 is 15.9 Å². The van der Waals surface area contributed by atoms with Crippen LogP contribution in [0.1, 0.15) is 16.7 Å². The summed E-state index contributed by atoms with van der Waals surface area (Å²) < 4.78 is 75.0. The van der Waals surface area contributed by atoms with E-state index in [1.54, 1.807) is 0 Å². The van der Waals surface area contributed by atoms with E-state index >= 15 is 0 Å². The quantitative estimate of drug-likeness (QED) is 0.617. The maximum Gasteiger partial charge on any atom is 0.418 e. The number of carboxylic acid groups (broad SMARTS) is 1. The summed E-state index contributed by atoms with van der Waals surface area (Å²) in [5.74, 6) is -1.52. The fourth-order valence-corrected chi connectivity index (χ4v) is 2.21. The molecule has 2 nitrogen and oxygen atoms in total. The molecule has 0 aromatic heterocycles. The first-order chi connectivity index (χ1) is 8.94. The molecule has 0 heterocycles. The van der Waals surface area contributed by atoms with Crippen molar-refractivity contribution < 1.29 is 36.2 Å². The third kappa shape index (κ3) is 3.75. The van der Waals surface area contributed by atoms with Gasteiger partial charge in [0.25, 0.3) is 0 Å². The number of alkyl halides is 6. The third-order valence-corrected chi connectivity index (χ3v) is 2.99. The summed E-state index contributed by atoms with van der Waals surface area (Å²) in [5.41, 5.74) is -3.75. The van der Waals surface area contributed by atoms with Gasteiger partial charge in [-0.1, -0.05) is 6.07 Å². The van der Waals surface area contributed by atoms with Crippen molar-refractivity contribution in [2.24, 2.45) is 0 Å². The monoisotopic (exact) mass is 362 g/mol. The Morgan fingerprint density at radius 2 is 1.65 bits per heavy atom. The highest BCUT2D eigenvalue weighted by Crippen LogP contribution is 2.44. The summed E-state index contributed by atoms with van der Waals surface area (Å²) >= 11 is 2.29. The zero-order valence-corrected chi connectivity index (χ0v) is 10.9. The van der Waals surface area contributed by atoms with E-state index in [1.807, 2.05) is 0 Å². The van der Waals surface area contributed by atoms with Gasteiger partial charge in [0.1, 0.15) is 0 Å². The Hall–Kier alpha value is -1.51. The lowest BCUT2D eigenvalue weighted by atomic mass is 10.0. The lowest BCUT2D eigenvalue weighted by molar-refractivity contribution is -0.144. The molecule has 110 valence electrons. The molecule has 0 fully saturated rings. The smallest absolute Gasteiger partial charge is 0.418 e. The van der Waals surface area contributed by atoms with Crippen LogP contribution in [0.3, 0.4) is 0 Å². The molecule has 20 heavy (non-hydrogen) atoms. The Kier molecular flexibility index (Phi) is 4.52. The van der Waals surface area contributed by atoms with Crippen LogP contribution in [-0.2, 0) is 17.1 Å². The van der Waals surface area contributed by atoms with Crippen molar-refractivity contribution in [1.82, 2.24) is 0 Å². The molecular formula is C11H5BrF6O2. The number of carboxylic acids is 1. The predicted octanol–water partition coefficient (Wildman–Crippen LogP) is 4.58. The highest BCUT2D eigenvalue weighted by Gasteiger charge is 2.41. The van der Waals surface area contributed by atoms with E-state index in [2.05, 4.69) is 15.9 Å². The molecule has 0 saturated carbocycles. The fourth-order valence-electron chi connectivity index (χ4n) is 1.40. The second kappa shape index (κ2) is 5.47. The van der Waals surface area contributed by atoms with Crippen LogP contribution in [0.2, 0.25) is 0 Å². The first kappa shape index (κ1) is 16.5. The van der Waals surface area contributed by atoms with E-state index in [9.17, 15) is 31.1 Å². The van der Waals surface area contributed by atoms with Crippen LogP contribution in [0.4, 0.5) is 26.3 Å². The molecule has 0 unspecified atom stereocenters. The van der Waals surface area contributed by atoms with E-state index < -0.39 is 39.5 Å². The predicted molar refractivity (Wildman–Crippen MR) is 60.8 cm³/mol. The van der Waals surface area contributed by atoms with Gasteiger partial charge in [-0.3, -0.25) is 0 Å². The van der Waals surface area contributed by atoms with Gasteiger partial charge in [0.2, 0.25) is 0 Å². The van der Waals surface area contributed by atoms with Gasteiger partial charge in [-0.25, -0.2) is 4.79 Å². The number of aliphatic carboxylic acids is 1. The van der Waals surface area contributed by atoms with Gasteiger partial charge in [-0.05, 0) is 33.6 Å². The van der Waals surface area contributed by atoms with Crippen LogP contribution < -0.4 is 0 Å². The molecule has 0 atom stereocenters. The van der Waals surface area contributed by atoms with Gasteiger partial charge in [0.15, 0.2) is 0 Å². The molecule has 9 heteroatoms. The number of rotatable bonds is 2. The Balaban J connectivity index is 3.57. The largest absolute Gasteiger partial charge is 0.478 e. The molecule has 0 amide bonds. The maximum absolute atomic E-state index is 12.8. The van der Waals surface area contributed by atoms with Gasteiger partial charge in [0.05, 0.1) is 11.1 Å². The van der Waals surface area contributed by atoms with Gasteiger partial charge < -0.3 is 5.11 Å². The summed E-state index contributed by atoms with van der Waals surface area (Å²) in [6.45, 7) is 0. The lowest BCUT2D eigenvalue weighted by Gasteiger charge is -2.17. The summed E-state index contributed by atoms with van der Waals surface area (Å²) in [5, 5.41) is 8.36. The summed E-state index contributed by atoms with van der Waals surface area (Å²) in [4.78, 5) is 10.3. The molecular weight excluding hydrogens is 358 g/mol. The van der Waals surface area contributed by atoms with Gasteiger partial charge >= 0.3 is 18.3 Å². The van der Waals surface area contributed by atoms with Crippen LogP contribution in [0, 0.1) is 0 Å². The van der Waals surface area contributed by atoms with Crippen LogP contribution in [0.15, 0.2) is 22.7 Å². The van der Waals surface area contributed by atoms with Crippen LogP contribution in [0.5, 0.6) is 0 Å². The Morgan fingerprint density at radius 3 is 2.05 bits per heavy atom. The average molecular weight is 363 g/mol. The molecule has 1 aromatic rings. The minimum Gasteiger partial charge on any atom is -0.478 e. The molecule has 0 aliphatic carbocycles. The molecule has 1 rings (SSSR count). The van der Waals surface area contributed by atoms with E-state index in [0.717, 1.165) is 0 Å². The number of carbonyl (C=O) groups is 1. The van der Waals surface area contributed by atoms with E-state index in [1.165, 1.54) is 0 Å². The summed E-state index contributed by atoms with van der Waals surface area (Å²) in [6.07, 6.45) is -9.05. The highest BCUT2D eigenvalue weighted by molar-refractivity contribution is 9.10. The van der Waals surface area contributed by atoms with Crippen molar-refractivity contribution in [1.29, 1.82) is 0 Å². The number of halogens is 7.